The van der Waals surface area contributed by atoms with Crippen LogP contribution in [0.2, 0.25) is 0 Å². The first kappa shape index (κ1) is 49.5. The zero-order chi connectivity index (χ0) is 46.1. The van der Waals surface area contributed by atoms with E-state index in [1.54, 1.807) is 18.4 Å². The Morgan fingerprint density at radius 3 is 1.41 bits per heavy atom. The summed E-state index contributed by atoms with van der Waals surface area (Å²) in [6, 6.07) is 23.9. The Balaban J connectivity index is 1.15. The molecule has 0 aliphatic heterocycles. The third kappa shape index (κ3) is 13.7. The molecule has 0 spiro atoms. The molecule has 8 heteroatoms. The molecule has 0 radical (unpaired) electrons. The highest BCUT2D eigenvalue weighted by Gasteiger charge is 2.23. The first-order chi connectivity index (χ1) is 29.6. The molecule has 5 aromatic rings. The van der Waals surface area contributed by atoms with Crippen LogP contribution in [-0.2, 0) is 32.1 Å². The third-order valence-corrected chi connectivity index (χ3v) is 12.3. The fourth-order valence-electron chi connectivity index (χ4n) is 7.55. The average Bonchev–Trinajstić information content (AvgIpc) is 3.63. The van der Waals surface area contributed by atoms with E-state index in [0.29, 0.717) is 59.3 Å². The zero-order valence-corrected chi connectivity index (χ0v) is 41.8. The van der Waals surface area contributed by atoms with Crippen LogP contribution in [0.4, 0.5) is 0 Å². The lowest BCUT2D eigenvalue weighted by molar-refractivity contribution is 0.0753. The predicted octanol–water partition coefficient (Wildman–Crippen LogP) is 13.4. The quantitative estimate of drug-likeness (QED) is 0.0722. The van der Waals surface area contributed by atoms with Crippen molar-refractivity contribution in [2.75, 3.05) is 60.0 Å². The van der Waals surface area contributed by atoms with Crippen molar-refractivity contribution >= 4 is 11.3 Å². The maximum atomic E-state index is 6.54. The van der Waals surface area contributed by atoms with Crippen molar-refractivity contribution in [3.05, 3.63) is 122 Å². The van der Waals surface area contributed by atoms with Gasteiger partial charge in [-0.15, -0.1) is 11.3 Å². The highest BCUT2D eigenvalue weighted by molar-refractivity contribution is 7.15. The van der Waals surface area contributed by atoms with Crippen molar-refractivity contribution in [3.63, 3.8) is 0 Å². The van der Waals surface area contributed by atoms with Gasteiger partial charge in [0, 0.05) is 21.7 Å². The summed E-state index contributed by atoms with van der Waals surface area (Å²) in [6.45, 7) is 34.3. The lowest BCUT2D eigenvalue weighted by Gasteiger charge is -2.25. The average molecular weight is 879 g/mol. The van der Waals surface area contributed by atoms with Gasteiger partial charge in [0.05, 0.1) is 33.5 Å². The molecule has 5 rings (SSSR count). The fraction of sp³-hybridized carbons (Fsp3) is 0.491. The molecule has 1 aromatic heterocycles. The lowest BCUT2D eigenvalue weighted by Crippen LogP contribution is -2.16. The highest BCUT2D eigenvalue weighted by Crippen LogP contribution is 2.40. The van der Waals surface area contributed by atoms with Crippen molar-refractivity contribution in [2.45, 2.75) is 120 Å². The summed E-state index contributed by atoms with van der Waals surface area (Å²) in [5.74, 6) is 4.35. The van der Waals surface area contributed by atoms with Crippen LogP contribution in [0.5, 0.6) is 28.7 Å². The number of benzene rings is 4. The van der Waals surface area contributed by atoms with E-state index in [1.165, 1.54) is 21.6 Å². The number of methoxy groups -OCH3 is 1. The molecular formula is C55H74O7S. The van der Waals surface area contributed by atoms with Gasteiger partial charge in [0.25, 0.3) is 0 Å². The van der Waals surface area contributed by atoms with Gasteiger partial charge in [0.15, 0.2) is 0 Å². The van der Waals surface area contributed by atoms with Crippen LogP contribution in [0, 0.1) is 34.6 Å². The molecule has 0 aliphatic rings. The van der Waals surface area contributed by atoms with Gasteiger partial charge in [-0.1, -0.05) is 98.7 Å². The number of hydrogen-bond donors (Lipinski definition) is 0. The molecule has 0 saturated heterocycles. The van der Waals surface area contributed by atoms with Crippen molar-refractivity contribution in [3.8, 4) is 39.2 Å². The molecule has 63 heavy (non-hydrogen) atoms. The Morgan fingerprint density at radius 2 is 0.905 bits per heavy atom. The summed E-state index contributed by atoms with van der Waals surface area (Å²) in [4.78, 5) is 2.36. The van der Waals surface area contributed by atoms with Crippen LogP contribution in [0.1, 0.15) is 117 Å². The predicted molar refractivity (Wildman–Crippen MR) is 262 cm³/mol. The second-order valence-corrected chi connectivity index (χ2v) is 21.1. The summed E-state index contributed by atoms with van der Waals surface area (Å²) in [6.07, 6.45) is 0.703. The van der Waals surface area contributed by atoms with Crippen LogP contribution in [0.25, 0.3) is 10.4 Å². The Hall–Kier alpha value is -4.50. The van der Waals surface area contributed by atoms with Gasteiger partial charge >= 0.3 is 0 Å². The molecule has 7 nitrogen and oxygen atoms in total. The molecule has 0 saturated carbocycles. The van der Waals surface area contributed by atoms with E-state index in [9.17, 15) is 0 Å². The molecule has 0 bridgehead atoms. The van der Waals surface area contributed by atoms with E-state index in [4.69, 9.17) is 33.2 Å². The van der Waals surface area contributed by atoms with Crippen LogP contribution in [0.3, 0.4) is 0 Å². The van der Waals surface area contributed by atoms with E-state index in [1.807, 2.05) is 6.92 Å². The van der Waals surface area contributed by atoms with E-state index in [-0.39, 0.29) is 16.2 Å². The molecule has 0 amide bonds. The number of hydrogen-bond acceptors (Lipinski definition) is 8. The SMILES string of the molecule is COc1c(C)cc(C(C)(C)C)cc1Cc1cc(C(C)(C)C)cc(C)c1OCCOCCOc1cc(C)c(OCCOCCOc2ccc(C(C)(C)C)cc2C)cc1-c1ccc(C)s1. The Labute approximate surface area is 383 Å². The smallest absolute Gasteiger partial charge is 0.128 e. The minimum Gasteiger partial charge on any atom is -0.496 e. The zero-order valence-electron chi connectivity index (χ0n) is 41.0. The Morgan fingerprint density at radius 1 is 0.429 bits per heavy atom. The lowest BCUT2D eigenvalue weighted by atomic mass is 9.82. The third-order valence-electron chi connectivity index (χ3n) is 11.3. The molecule has 0 N–H and O–H groups in total. The maximum Gasteiger partial charge on any atom is 0.128 e. The molecule has 0 atom stereocenters. The topological polar surface area (TPSA) is 64.6 Å². The first-order valence-corrected chi connectivity index (χ1v) is 23.3. The van der Waals surface area contributed by atoms with Crippen LogP contribution < -0.4 is 23.7 Å². The van der Waals surface area contributed by atoms with Gasteiger partial charge in [-0.3, -0.25) is 0 Å². The standard InChI is InChI=1S/C55H74O7S/c1-36-28-43(53(6,7)8)17-18-47(36)59-24-20-57-21-25-60-48-35-46(50-19-16-40(5)63-50)49(31-37(48)2)61-26-22-58-23-27-62-52-39(4)30-45(55(12,13)14)34-42(52)32-41-33-44(54(9,10)11)29-38(3)51(41)56-15/h16-19,28-31,33-35H,20-27,32H2,1-15H3. The van der Waals surface area contributed by atoms with Gasteiger partial charge < -0.3 is 33.2 Å². The van der Waals surface area contributed by atoms with Crippen molar-refractivity contribution in [2.24, 2.45) is 0 Å². The summed E-state index contributed by atoms with van der Waals surface area (Å²) in [5.41, 5.74) is 11.7. The molecule has 342 valence electrons. The summed E-state index contributed by atoms with van der Waals surface area (Å²) >= 11 is 1.74. The maximum absolute atomic E-state index is 6.54. The molecule has 0 aliphatic carbocycles. The van der Waals surface area contributed by atoms with E-state index in [0.717, 1.165) is 72.6 Å². The van der Waals surface area contributed by atoms with E-state index >= 15 is 0 Å². The van der Waals surface area contributed by atoms with Crippen molar-refractivity contribution in [1.82, 2.24) is 0 Å². The first-order valence-electron chi connectivity index (χ1n) is 22.5. The fourth-order valence-corrected chi connectivity index (χ4v) is 8.44. The second-order valence-electron chi connectivity index (χ2n) is 19.8. The van der Waals surface area contributed by atoms with Crippen molar-refractivity contribution < 1.29 is 33.2 Å². The van der Waals surface area contributed by atoms with E-state index < -0.39 is 0 Å². The minimum absolute atomic E-state index is 0.00635. The Bertz CT molecular complexity index is 2280. The molecule has 4 aromatic carbocycles. The Kier molecular flexibility index (Phi) is 16.9. The minimum atomic E-state index is -0.00635. The molecular weight excluding hydrogens is 805 g/mol. The normalized spacial score (nSPS) is 12.1. The molecule has 0 unspecified atom stereocenters. The number of thiophene rings is 1. The van der Waals surface area contributed by atoms with E-state index in [2.05, 4.69) is 157 Å². The highest BCUT2D eigenvalue weighted by atomic mass is 32.1. The van der Waals surface area contributed by atoms with Crippen LogP contribution >= 0.6 is 11.3 Å². The second kappa shape index (κ2) is 21.5. The number of aryl methyl sites for hydroxylation is 5. The molecule has 1 heterocycles. The molecule has 0 fully saturated rings. The summed E-state index contributed by atoms with van der Waals surface area (Å²) in [5, 5.41) is 0. The van der Waals surface area contributed by atoms with Crippen molar-refractivity contribution in [1.29, 1.82) is 0 Å². The number of rotatable bonds is 20. The summed E-state index contributed by atoms with van der Waals surface area (Å²) < 4.78 is 43.1. The monoisotopic (exact) mass is 879 g/mol. The number of ether oxygens (including phenoxy) is 7. The van der Waals surface area contributed by atoms with Crippen LogP contribution in [0.15, 0.2) is 66.7 Å². The van der Waals surface area contributed by atoms with Gasteiger partial charge in [-0.05, 0) is 131 Å². The van der Waals surface area contributed by atoms with Gasteiger partial charge in [0.1, 0.15) is 55.2 Å². The summed E-state index contributed by atoms with van der Waals surface area (Å²) in [7, 11) is 1.76. The van der Waals surface area contributed by atoms with Gasteiger partial charge in [-0.25, -0.2) is 0 Å². The largest absolute Gasteiger partial charge is 0.496 e. The van der Waals surface area contributed by atoms with Gasteiger partial charge in [-0.2, -0.15) is 0 Å². The van der Waals surface area contributed by atoms with Gasteiger partial charge in [0.2, 0.25) is 0 Å². The van der Waals surface area contributed by atoms with Crippen LogP contribution in [-0.4, -0.2) is 60.0 Å².